The fourth-order valence-electron chi connectivity index (χ4n) is 22.2. The lowest BCUT2D eigenvalue weighted by molar-refractivity contribution is 0.669. The third kappa shape index (κ3) is 16.9. The third-order valence-electron chi connectivity index (χ3n) is 29.5. The molecule has 0 aliphatic heterocycles. The molecule has 29 rings (SSSR count). The summed E-state index contributed by atoms with van der Waals surface area (Å²) >= 11 is 0. The van der Waals surface area contributed by atoms with Crippen LogP contribution in [0.25, 0.3) is 219 Å². The fourth-order valence-corrected chi connectivity index (χ4v) is 22.2. The van der Waals surface area contributed by atoms with Gasteiger partial charge in [0, 0.05) is 99.7 Å². The average Bonchev–Trinajstić information content (AvgIpc) is 1.55. The summed E-state index contributed by atoms with van der Waals surface area (Å²) in [5.41, 5.74) is 34.6. The van der Waals surface area contributed by atoms with Crippen LogP contribution in [0.3, 0.4) is 0 Å². The van der Waals surface area contributed by atoms with Crippen LogP contribution in [0, 0.1) is 0 Å². The second-order valence-electron chi connectivity index (χ2n) is 38.5. The van der Waals surface area contributed by atoms with E-state index in [2.05, 4.69) is 573 Å². The molecule has 0 bridgehead atoms. The zero-order valence-corrected chi connectivity index (χ0v) is 81.9. The van der Waals surface area contributed by atoms with Crippen LogP contribution in [0.15, 0.2) is 590 Å². The van der Waals surface area contributed by atoms with Crippen molar-refractivity contribution < 1.29 is 13.3 Å². The molecule has 26 aromatic carbocycles. The van der Waals surface area contributed by atoms with Gasteiger partial charge in [0.2, 0.25) is 0 Å². The lowest BCUT2D eigenvalue weighted by Gasteiger charge is -2.26. The molecule has 0 N–H and O–H groups in total. The first-order valence-electron chi connectivity index (χ1n) is 51.2. The van der Waals surface area contributed by atoms with Crippen molar-refractivity contribution in [3.63, 3.8) is 0 Å². The Morgan fingerprint density at radius 3 is 0.640 bits per heavy atom. The summed E-state index contributed by atoms with van der Waals surface area (Å²) < 4.78 is 18.8. The van der Waals surface area contributed by atoms with Gasteiger partial charge in [-0.15, -0.1) is 0 Å². The van der Waals surface area contributed by atoms with Gasteiger partial charge in [-0.1, -0.05) is 413 Å². The zero-order chi connectivity index (χ0) is 99.3. The minimum absolute atomic E-state index is 0.920. The quantitative estimate of drug-likeness (QED) is 0.0847. The van der Waals surface area contributed by atoms with Crippen LogP contribution in [0.5, 0.6) is 0 Å². The van der Waals surface area contributed by atoms with Crippen molar-refractivity contribution in [1.29, 1.82) is 0 Å². The van der Waals surface area contributed by atoms with E-state index in [0.717, 1.165) is 101 Å². The Hall–Kier alpha value is -19.9. The van der Waals surface area contributed by atoms with Crippen LogP contribution < -0.4 is 14.7 Å². The summed E-state index contributed by atoms with van der Waals surface area (Å²) in [6, 6.07) is 206. The lowest BCUT2D eigenvalue weighted by atomic mass is 9.94. The van der Waals surface area contributed by atoms with Gasteiger partial charge in [-0.2, -0.15) is 0 Å². The number of fused-ring (bicyclic) bond motifs is 21. The normalized spacial score (nSPS) is 11.5. The number of rotatable bonds is 17. The van der Waals surface area contributed by atoms with E-state index in [0.29, 0.717) is 0 Å². The van der Waals surface area contributed by atoms with Gasteiger partial charge in [-0.05, 0) is 301 Å². The van der Waals surface area contributed by atoms with Gasteiger partial charge in [0.25, 0.3) is 0 Å². The molecule has 0 radical (unpaired) electrons. The predicted octanol–water partition coefficient (Wildman–Crippen LogP) is 41.4. The van der Waals surface area contributed by atoms with Gasteiger partial charge in [-0.25, -0.2) is 0 Å². The average molecular weight is 1920 g/mol. The molecule has 6 nitrogen and oxygen atoms in total. The van der Waals surface area contributed by atoms with Crippen molar-refractivity contribution in [3.05, 3.63) is 576 Å². The molecule has 0 saturated heterocycles. The number of para-hydroxylation sites is 4. The molecule has 3 aromatic heterocycles. The van der Waals surface area contributed by atoms with E-state index in [1.807, 2.05) is 18.2 Å². The molecule has 0 aliphatic rings. The summed E-state index contributed by atoms with van der Waals surface area (Å²) in [6.45, 7) is 0. The van der Waals surface area contributed by atoms with E-state index in [1.54, 1.807) is 0 Å². The fraction of sp³-hybridized carbons (Fsp3) is 0. The molecule has 0 amide bonds. The summed E-state index contributed by atoms with van der Waals surface area (Å²) in [5, 5.41) is 21.7. The number of anilines is 9. The molecule has 29 aromatic rings. The molecule has 704 valence electrons. The molecule has 3 heterocycles. The Morgan fingerprint density at radius 1 is 0.100 bits per heavy atom. The van der Waals surface area contributed by atoms with Crippen molar-refractivity contribution in [1.82, 2.24) is 0 Å². The Bertz CT molecular complexity index is 9910. The molecule has 150 heavy (non-hydrogen) atoms. The van der Waals surface area contributed by atoms with Crippen molar-refractivity contribution in [2.45, 2.75) is 0 Å². The number of furan rings is 3. The van der Waals surface area contributed by atoms with Gasteiger partial charge in [0.1, 0.15) is 33.5 Å². The van der Waals surface area contributed by atoms with Crippen LogP contribution in [-0.4, -0.2) is 0 Å². The summed E-state index contributed by atoms with van der Waals surface area (Å²) in [4.78, 5) is 7.01. The molecular weight excluding hydrogens is 1820 g/mol. The van der Waals surface area contributed by atoms with Crippen molar-refractivity contribution in [2.24, 2.45) is 0 Å². The zero-order valence-electron chi connectivity index (χ0n) is 81.9. The van der Waals surface area contributed by atoms with E-state index < -0.39 is 0 Å². The lowest BCUT2D eigenvalue weighted by Crippen LogP contribution is -2.10. The van der Waals surface area contributed by atoms with E-state index in [1.165, 1.54) is 170 Å². The minimum atomic E-state index is 0.920. The molecule has 6 heteroatoms. The number of nitrogens with zero attached hydrogens (tertiary/aromatic N) is 3. The molecule has 0 aliphatic carbocycles. The van der Waals surface area contributed by atoms with Crippen LogP contribution in [0.1, 0.15) is 0 Å². The monoisotopic (exact) mass is 1910 g/mol. The Kier molecular flexibility index (Phi) is 22.9. The molecule has 0 unspecified atom stereocenters. The number of hydrogen-bond donors (Lipinski definition) is 0. The van der Waals surface area contributed by atoms with Crippen molar-refractivity contribution in [2.75, 3.05) is 14.7 Å². The largest absolute Gasteiger partial charge is 0.456 e. The number of benzene rings is 26. The highest BCUT2D eigenvalue weighted by atomic mass is 16.3. The maximum Gasteiger partial charge on any atom is 0.136 e. The summed E-state index contributed by atoms with van der Waals surface area (Å²) in [7, 11) is 0. The van der Waals surface area contributed by atoms with Crippen molar-refractivity contribution in [3.8, 4) is 89.0 Å². The van der Waals surface area contributed by atoms with E-state index in [9.17, 15) is 0 Å². The van der Waals surface area contributed by atoms with Crippen molar-refractivity contribution >= 4 is 182 Å². The second kappa shape index (κ2) is 38.6. The van der Waals surface area contributed by atoms with Crippen LogP contribution in [0.2, 0.25) is 0 Å². The maximum atomic E-state index is 6.28. The molecular formula is C144H95N3O3. The van der Waals surface area contributed by atoms with Gasteiger partial charge in [-0.3, -0.25) is 0 Å². The first-order valence-corrected chi connectivity index (χ1v) is 51.2. The molecule has 0 saturated carbocycles. The maximum absolute atomic E-state index is 6.28. The van der Waals surface area contributed by atoms with Gasteiger partial charge in [0.15, 0.2) is 0 Å². The summed E-state index contributed by atoms with van der Waals surface area (Å²) in [5.74, 6) is 0. The third-order valence-corrected chi connectivity index (χ3v) is 29.5. The van der Waals surface area contributed by atoms with E-state index >= 15 is 0 Å². The predicted molar refractivity (Wildman–Crippen MR) is 634 cm³/mol. The Morgan fingerprint density at radius 2 is 0.307 bits per heavy atom. The highest BCUT2D eigenvalue weighted by molar-refractivity contribution is 6.30. The smallest absolute Gasteiger partial charge is 0.136 e. The SMILES string of the molecule is c1ccc(-c2ccc(N(c3ccc(-c4ccccc4)cc3)c3ccc(-c4ccc5c(ccc6ccc7oc8ccccc8c7c65)c4)cc3)cc2)cc1.c1ccc(-c2ccc(N(c3ccc(-c4ccccc4)cc3)c3cccc(-c4ccc5c(ccc6ccc7oc8ccccc8c7c65)c4)c3)cc2)cc1.c1ccc(-c2ccc(N(c3ccccc3)c3cccc(-c4ccc5ccc6ccc7oc8ccccc8c7c6c5c4)c3)cc2)cc1. The first-order chi connectivity index (χ1) is 74.3. The Labute approximate surface area is 868 Å². The van der Waals surface area contributed by atoms with E-state index in [4.69, 9.17) is 13.3 Å². The molecule has 0 fully saturated rings. The molecule has 0 atom stereocenters. The van der Waals surface area contributed by atoms with Crippen LogP contribution in [0.4, 0.5) is 51.2 Å². The van der Waals surface area contributed by atoms with Crippen LogP contribution >= 0.6 is 0 Å². The highest BCUT2D eigenvalue weighted by Gasteiger charge is 2.24. The molecule has 0 spiro atoms. The van der Waals surface area contributed by atoms with E-state index in [-0.39, 0.29) is 0 Å². The van der Waals surface area contributed by atoms with Gasteiger partial charge >= 0.3 is 0 Å². The van der Waals surface area contributed by atoms with Crippen LogP contribution in [-0.2, 0) is 0 Å². The number of hydrogen-bond acceptors (Lipinski definition) is 6. The highest BCUT2D eigenvalue weighted by Crippen LogP contribution is 2.49. The second-order valence-corrected chi connectivity index (χ2v) is 38.5. The summed E-state index contributed by atoms with van der Waals surface area (Å²) in [6.07, 6.45) is 0. The first kappa shape index (κ1) is 89.0. The Balaban J connectivity index is 0.000000111. The minimum Gasteiger partial charge on any atom is -0.456 e. The standard InChI is InChI=1S/2C50H33NO.C44H29NO/c1-3-10-34(11-4-1)36-20-26-42(27-21-36)51(43-28-22-37(23-29-43)35-12-5-2-6-13-35)44-15-9-14-39(33-44)40-24-30-45-41(32-40)19-18-38-25-31-48-50(49(38)45)46-16-7-8-17-47(46)52-48;1-3-9-34(10-4-1)36-17-25-42(26-18-36)51(43-27-19-37(20-28-43)35-11-5-2-6-12-35)44-29-21-38(22-30-44)40-23-31-45-41(33-40)16-15-39-24-32-48-50(49(39)45)46-13-7-8-14-47(46)52-48;1-3-10-30(11-4-1)31-22-25-37(26-23-31)45(36-13-5-2-6-14-36)38-15-9-12-34(28-38)35-21-19-32-18-20-33-24-27-42-44(43(33)40(32)29-35)39-16-7-8-17-41(39)46-42/h2*1-33H;1-29H. The van der Waals surface area contributed by atoms with Gasteiger partial charge in [0.05, 0.1) is 0 Å². The topological polar surface area (TPSA) is 49.1 Å². The van der Waals surface area contributed by atoms with Gasteiger partial charge < -0.3 is 28.0 Å².